The summed E-state index contributed by atoms with van der Waals surface area (Å²) in [4.78, 5) is 15.1. The summed E-state index contributed by atoms with van der Waals surface area (Å²) in [5.74, 6) is 0.794. The molecule has 0 saturated carbocycles. The van der Waals surface area contributed by atoms with Crippen LogP contribution in [0.25, 0.3) is 10.1 Å². The molecule has 28 heavy (non-hydrogen) atoms. The van der Waals surface area contributed by atoms with Crippen LogP contribution in [0.15, 0.2) is 23.6 Å². The molecule has 7 heteroatoms. The number of fused-ring (bicyclic) bond motifs is 1. The van der Waals surface area contributed by atoms with E-state index in [1.807, 2.05) is 25.3 Å². The Balaban J connectivity index is 1.87. The molecule has 0 atom stereocenters. The summed E-state index contributed by atoms with van der Waals surface area (Å²) in [7, 11) is 0. The van der Waals surface area contributed by atoms with Crippen LogP contribution in [-0.4, -0.2) is 10.8 Å². The van der Waals surface area contributed by atoms with Crippen LogP contribution < -0.4 is 4.74 Å². The van der Waals surface area contributed by atoms with Gasteiger partial charge in [-0.2, -0.15) is 13.2 Å². The number of rotatable bonds is 5. The van der Waals surface area contributed by atoms with Gasteiger partial charge in [0.05, 0.1) is 0 Å². The first-order chi connectivity index (χ1) is 13.1. The molecule has 0 aliphatic carbocycles. The Hall–Kier alpha value is -2.41. The normalized spacial score (nSPS) is 11.8. The molecule has 0 spiro atoms. The Morgan fingerprint density at radius 3 is 2.50 bits per heavy atom. The molecule has 2 heterocycles. The molecule has 0 saturated heterocycles. The Kier molecular flexibility index (Phi) is 5.48. The van der Waals surface area contributed by atoms with Crippen molar-refractivity contribution >= 4 is 27.2 Å². The average Bonchev–Trinajstić information content (AvgIpc) is 3.00. The zero-order valence-corrected chi connectivity index (χ0v) is 16.8. The minimum atomic E-state index is -4.46. The van der Waals surface area contributed by atoms with Gasteiger partial charge in [0.2, 0.25) is 0 Å². The van der Waals surface area contributed by atoms with Gasteiger partial charge in [-0.05, 0) is 61.7 Å². The Bertz CT molecular complexity index is 1050. The molecular formula is C21H20F3NO2S. The Morgan fingerprint density at radius 2 is 1.89 bits per heavy atom. The molecule has 0 unspecified atom stereocenters. The van der Waals surface area contributed by atoms with E-state index in [0.717, 1.165) is 32.8 Å². The number of alkyl halides is 3. The molecule has 0 N–H and O–H groups in total. The predicted molar refractivity (Wildman–Crippen MR) is 104 cm³/mol. The summed E-state index contributed by atoms with van der Waals surface area (Å²) in [6.07, 6.45) is -4.06. The first kappa shape index (κ1) is 20.3. The smallest absolute Gasteiger partial charge is 0.433 e. The quantitative estimate of drug-likeness (QED) is 0.525. The van der Waals surface area contributed by atoms with Crippen molar-refractivity contribution in [2.24, 2.45) is 0 Å². The molecule has 3 rings (SSSR count). The van der Waals surface area contributed by atoms with Crippen molar-refractivity contribution < 1.29 is 22.7 Å². The standard InChI is InChI=1S/C21H20F3NO2S/c1-11-7-17(13(3)20-19(11)16(10-28-20)8-12(2)26)27-9-15-5-6-18(21(22,23)24)25-14(15)4/h5-7,10H,8-9H2,1-4H3. The number of benzene rings is 1. The third-order valence-electron chi connectivity index (χ3n) is 4.63. The van der Waals surface area contributed by atoms with E-state index in [9.17, 15) is 18.0 Å². The highest BCUT2D eigenvalue weighted by Crippen LogP contribution is 2.37. The fraction of sp³-hybridized carbons (Fsp3) is 0.333. The van der Waals surface area contributed by atoms with Crippen LogP contribution in [0.2, 0.25) is 0 Å². The van der Waals surface area contributed by atoms with Crippen molar-refractivity contribution in [3.8, 4) is 5.75 Å². The first-order valence-electron chi connectivity index (χ1n) is 8.74. The molecule has 0 amide bonds. The zero-order chi connectivity index (χ0) is 20.6. The molecule has 0 radical (unpaired) electrons. The highest BCUT2D eigenvalue weighted by Gasteiger charge is 2.32. The lowest BCUT2D eigenvalue weighted by molar-refractivity contribution is -0.141. The van der Waals surface area contributed by atoms with Crippen molar-refractivity contribution in [2.75, 3.05) is 0 Å². The monoisotopic (exact) mass is 407 g/mol. The predicted octanol–water partition coefficient (Wildman–Crippen LogP) is 5.95. The number of ether oxygens (including phenoxy) is 1. The number of ketones is 1. The molecular weight excluding hydrogens is 387 g/mol. The lowest BCUT2D eigenvalue weighted by atomic mass is 10.0. The second kappa shape index (κ2) is 7.54. The number of nitrogens with zero attached hydrogens (tertiary/aromatic N) is 1. The first-order valence-corrected chi connectivity index (χ1v) is 9.62. The lowest BCUT2D eigenvalue weighted by Crippen LogP contribution is -2.10. The second-order valence-electron chi connectivity index (χ2n) is 6.89. The maximum absolute atomic E-state index is 12.8. The number of aromatic nitrogens is 1. The van der Waals surface area contributed by atoms with Gasteiger partial charge in [-0.1, -0.05) is 6.07 Å². The maximum atomic E-state index is 12.8. The number of thiophene rings is 1. The minimum Gasteiger partial charge on any atom is -0.489 e. The van der Waals surface area contributed by atoms with Gasteiger partial charge in [0.15, 0.2) is 0 Å². The van der Waals surface area contributed by atoms with Gasteiger partial charge in [0.1, 0.15) is 23.8 Å². The topological polar surface area (TPSA) is 39.2 Å². The van der Waals surface area contributed by atoms with E-state index in [1.54, 1.807) is 25.2 Å². The zero-order valence-electron chi connectivity index (χ0n) is 16.0. The third kappa shape index (κ3) is 4.04. The van der Waals surface area contributed by atoms with Gasteiger partial charge >= 0.3 is 6.18 Å². The van der Waals surface area contributed by atoms with E-state index in [1.165, 1.54) is 6.07 Å². The van der Waals surface area contributed by atoms with E-state index in [2.05, 4.69) is 4.98 Å². The highest BCUT2D eigenvalue weighted by molar-refractivity contribution is 7.17. The summed E-state index contributed by atoms with van der Waals surface area (Å²) in [5.41, 5.74) is 2.98. The van der Waals surface area contributed by atoms with Gasteiger partial charge in [0, 0.05) is 27.9 Å². The number of aryl methyl sites for hydroxylation is 3. The van der Waals surface area contributed by atoms with Gasteiger partial charge in [-0.25, -0.2) is 4.98 Å². The summed E-state index contributed by atoms with van der Waals surface area (Å²) in [5, 5.41) is 3.08. The summed E-state index contributed by atoms with van der Waals surface area (Å²) < 4.78 is 45.3. The van der Waals surface area contributed by atoms with Crippen LogP contribution in [0, 0.1) is 20.8 Å². The van der Waals surface area contributed by atoms with E-state index in [-0.39, 0.29) is 12.4 Å². The van der Waals surface area contributed by atoms with Crippen molar-refractivity contribution in [1.82, 2.24) is 4.98 Å². The molecule has 1 aromatic carbocycles. The van der Waals surface area contributed by atoms with Crippen LogP contribution in [0.5, 0.6) is 5.75 Å². The van der Waals surface area contributed by atoms with Gasteiger partial charge in [0.25, 0.3) is 0 Å². The van der Waals surface area contributed by atoms with Crippen molar-refractivity contribution in [1.29, 1.82) is 0 Å². The third-order valence-corrected chi connectivity index (χ3v) is 5.78. The molecule has 0 fully saturated rings. The second-order valence-corrected chi connectivity index (χ2v) is 7.77. The number of Topliss-reactive ketones (excluding diaryl/α,β-unsaturated/α-hetero) is 1. The molecule has 148 valence electrons. The number of hydrogen-bond acceptors (Lipinski definition) is 4. The largest absolute Gasteiger partial charge is 0.489 e. The van der Waals surface area contributed by atoms with E-state index < -0.39 is 11.9 Å². The minimum absolute atomic E-state index is 0.113. The van der Waals surface area contributed by atoms with Gasteiger partial charge < -0.3 is 4.74 Å². The molecule has 0 bridgehead atoms. The van der Waals surface area contributed by atoms with Gasteiger partial charge in [-0.3, -0.25) is 4.79 Å². The fourth-order valence-electron chi connectivity index (χ4n) is 3.19. The number of pyridine rings is 1. The van der Waals surface area contributed by atoms with Gasteiger partial charge in [-0.15, -0.1) is 11.3 Å². The van der Waals surface area contributed by atoms with Crippen molar-refractivity contribution in [3.63, 3.8) is 0 Å². The summed E-state index contributed by atoms with van der Waals surface area (Å²) >= 11 is 1.57. The van der Waals surface area contributed by atoms with E-state index in [4.69, 9.17) is 4.74 Å². The van der Waals surface area contributed by atoms with Crippen LogP contribution in [0.1, 0.15) is 40.6 Å². The van der Waals surface area contributed by atoms with Crippen LogP contribution in [-0.2, 0) is 24.0 Å². The van der Waals surface area contributed by atoms with Crippen LogP contribution >= 0.6 is 11.3 Å². The molecule has 0 aliphatic heterocycles. The van der Waals surface area contributed by atoms with E-state index in [0.29, 0.717) is 23.4 Å². The highest BCUT2D eigenvalue weighted by atomic mass is 32.1. The maximum Gasteiger partial charge on any atom is 0.433 e. The van der Waals surface area contributed by atoms with Crippen molar-refractivity contribution in [3.05, 3.63) is 57.2 Å². The SMILES string of the molecule is CC(=O)Cc1csc2c(C)c(OCc3ccc(C(F)(F)F)nc3C)cc(C)c12. The molecule has 3 aromatic rings. The van der Waals surface area contributed by atoms with Crippen molar-refractivity contribution in [2.45, 2.75) is 46.9 Å². The Morgan fingerprint density at radius 1 is 1.18 bits per heavy atom. The molecule has 2 aromatic heterocycles. The number of halogens is 3. The summed E-state index contributed by atoms with van der Waals surface area (Å²) in [6.45, 7) is 7.17. The summed E-state index contributed by atoms with van der Waals surface area (Å²) in [6, 6.07) is 4.29. The Labute approximate surface area is 165 Å². The number of carbonyl (C=O) groups is 1. The number of carbonyl (C=O) groups excluding carboxylic acids is 1. The number of hydrogen-bond donors (Lipinski definition) is 0. The fourth-order valence-corrected chi connectivity index (χ4v) is 4.34. The van der Waals surface area contributed by atoms with Crippen LogP contribution in [0.3, 0.4) is 0 Å². The van der Waals surface area contributed by atoms with E-state index >= 15 is 0 Å². The molecule has 3 nitrogen and oxygen atoms in total. The molecule has 0 aliphatic rings. The lowest BCUT2D eigenvalue weighted by Gasteiger charge is -2.14. The average molecular weight is 407 g/mol. The van der Waals surface area contributed by atoms with Crippen LogP contribution in [0.4, 0.5) is 13.2 Å².